The highest BCUT2D eigenvalue weighted by atomic mass is 19.1. The van der Waals surface area contributed by atoms with E-state index in [1.165, 1.54) is 12.1 Å². The van der Waals surface area contributed by atoms with E-state index in [0.29, 0.717) is 5.57 Å². The maximum atomic E-state index is 13.2. The molecule has 0 aromatic heterocycles. The van der Waals surface area contributed by atoms with Gasteiger partial charge in [-0.25, -0.2) is 4.39 Å². The van der Waals surface area contributed by atoms with E-state index >= 15 is 0 Å². The zero-order valence-corrected chi connectivity index (χ0v) is 15.0. The van der Waals surface area contributed by atoms with Gasteiger partial charge in [0.2, 0.25) is 0 Å². The molecule has 0 spiro atoms. The molecule has 0 saturated carbocycles. The first-order chi connectivity index (χ1) is 12.5. The van der Waals surface area contributed by atoms with Gasteiger partial charge in [0.05, 0.1) is 11.6 Å². The summed E-state index contributed by atoms with van der Waals surface area (Å²) in [7, 11) is 3.97. The SMILES string of the molecule is CN(C)CCC(NC(=O)C1=Cc2ccccc2OC1)c1ccc(F)cc1. The Morgan fingerprint density at radius 3 is 2.65 bits per heavy atom. The molecule has 2 aromatic rings. The van der Waals surface area contributed by atoms with E-state index in [1.54, 1.807) is 12.1 Å². The van der Waals surface area contributed by atoms with Crippen LogP contribution in [-0.2, 0) is 4.79 Å². The van der Waals surface area contributed by atoms with E-state index in [2.05, 4.69) is 10.2 Å². The monoisotopic (exact) mass is 354 g/mol. The van der Waals surface area contributed by atoms with Crippen molar-refractivity contribution in [3.05, 3.63) is 71.0 Å². The normalized spacial score (nSPS) is 14.2. The van der Waals surface area contributed by atoms with E-state index in [-0.39, 0.29) is 24.4 Å². The maximum Gasteiger partial charge on any atom is 0.251 e. The van der Waals surface area contributed by atoms with Crippen LogP contribution in [0.3, 0.4) is 0 Å². The molecule has 136 valence electrons. The third kappa shape index (κ3) is 4.49. The summed E-state index contributed by atoms with van der Waals surface area (Å²) in [5.74, 6) is 0.339. The molecule has 1 aliphatic heterocycles. The van der Waals surface area contributed by atoms with Crippen molar-refractivity contribution in [2.75, 3.05) is 27.2 Å². The van der Waals surface area contributed by atoms with Crippen molar-refractivity contribution in [2.24, 2.45) is 0 Å². The van der Waals surface area contributed by atoms with Gasteiger partial charge in [0.15, 0.2) is 0 Å². The van der Waals surface area contributed by atoms with E-state index in [9.17, 15) is 9.18 Å². The molecule has 1 atom stereocenters. The van der Waals surface area contributed by atoms with Crippen LogP contribution in [0.4, 0.5) is 4.39 Å². The van der Waals surface area contributed by atoms with Crippen molar-refractivity contribution in [1.82, 2.24) is 10.2 Å². The number of para-hydroxylation sites is 1. The molecule has 4 nitrogen and oxygen atoms in total. The second kappa shape index (κ2) is 8.15. The van der Waals surface area contributed by atoms with Crippen molar-refractivity contribution in [3.63, 3.8) is 0 Å². The van der Waals surface area contributed by atoms with Crippen LogP contribution in [-0.4, -0.2) is 38.1 Å². The van der Waals surface area contributed by atoms with Gasteiger partial charge in [0.25, 0.3) is 5.91 Å². The minimum absolute atomic E-state index is 0.160. The van der Waals surface area contributed by atoms with Crippen LogP contribution in [0.1, 0.15) is 23.6 Å². The minimum atomic E-state index is -0.286. The molecule has 5 heteroatoms. The number of fused-ring (bicyclic) bond motifs is 1. The summed E-state index contributed by atoms with van der Waals surface area (Å²) in [6.07, 6.45) is 2.59. The lowest BCUT2D eigenvalue weighted by Gasteiger charge is -2.23. The van der Waals surface area contributed by atoms with Gasteiger partial charge in [0.1, 0.15) is 18.2 Å². The molecule has 1 aliphatic rings. The molecule has 3 rings (SSSR count). The number of halogens is 1. The number of rotatable bonds is 6. The molecule has 1 N–H and O–H groups in total. The van der Waals surface area contributed by atoms with Crippen LogP contribution in [0.25, 0.3) is 6.08 Å². The number of amides is 1. The highest BCUT2D eigenvalue weighted by molar-refractivity contribution is 5.99. The van der Waals surface area contributed by atoms with E-state index in [4.69, 9.17) is 4.74 Å². The highest BCUT2D eigenvalue weighted by Crippen LogP contribution is 2.26. The lowest BCUT2D eigenvalue weighted by molar-refractivity contribution is -0.118. The molecule has 0 radical (unpaired) electrons. The fourth-order valence-electron chi connectivity index (χ4n) is 2.90. The zero-order valence-electron chi connectivity index (χ0n) is 15.0. The molecule has 0 aliphatic carbocycles. The molecule has 2 aromatic carbocycles. The number of nitrogens with zero attached hydrogens (tertiary/aromatic N) is 1. The smallest absolute Gasteiger partial charge is 0.251 e. The second-order valence-electron chi connectivity index (χ2n) is 6.67. The number of benzene rings is 2. The quantitative estimate of drug-likeness (QED) is 0.864. The summed E-state index contributed by atoms with van der Waals surface area (Å²) in [5.41, 5.74) is 2.37. The largest absolute Gasteiger partial charge is 0.488 e. The van der Waals surface area contributed by atoms with Gasteiger partial charge in [-0.2, -0.15) is 0 Å². The Kier molecular flexibility index (Phi) is 5.68. The summed E-state index contributed by atoms with van der Waals surface area (Å²) >= 11 is 0. The third-order valence-corrected chi connectivity index (χ3v) is 4.37. The Morgan fingerprint density at radius 1 is 1.19 bits per heavy atom. The van der Waals surface area contributed by atoms with Crippen LogP contribution < -0.4 is 10.1 Å². The fraction of sp³-hybridized carbons (Fsp3) is 0.286. The first-order valence-corrected chi connectivity index (χ1v) is 8.66. The lowest BCUT2D eigenvalue weighted by Crippen LogP contribution is -2.33. The van der Waals surface area contributed by atoms with Crippen molar-refractivity contribution >= 4 is 12.0 Å². The van der Waals surface area contributed by atoms with Gasteiger partial charge >= 0.3 is 0 Å². The lowest BCUT2D eigenvalue weighted by atomic mass is 10.0. The Bertz CT molecular complexity index is 800. The number of ether oxygens (including phenoxy) is 1. The fourth-order valence-corrected chi connectivity index (χ4v) is 2.90. The Hall–Kier alpha value is -2.66. The average molecular weight is 354 g/mol. The molecule has 0 fully saturated rings. The molecular weight excluding hydrogens is 331 g/mol. The topological polar surface area (TPSA) is 41.6 Å². The second-order valence-corrected chi connectivity index (χ2v) is 6.67. The van der Waals surface area contributed by atoms with Crippen molar-refractivity contribution in [3.8, 4) is 5.75 Å². The number of hydrogen-bond acceptors (Lipinski definition) is 3. The summed E-state index contributed by atoms with van der Waals surface area (Å²) in [6.45, 7) is 1.05. The van der Waals surface area contributed by atoms with Crippen LogP contribution in [0, 0.1) is 5.82 Å². The van der Waals surface area contributed by atoms with Crippen LogP contribution in [0.2, 0.25) is 0 Å². The maximum absolute atomic E-state index is 13.2. The Labute approximate surface area is 153 Å². The summed E-state index contributed by atoms with van der Waals surface area (Å²) in [4.78, 5) is 14.8. The number of carbonyl (C=O) groups is 1. The molecule has 0 bridgehead atoms. The molecule has 1 amide bonds. The van der Waals surface area contributed by atoms with E-state index < -0.39 is 0 Å². The highest BCUT2D eigenvalue weighted by Gasteiger charge is 2.21. The van der Waals surface area contributed by atoms with Crippen molar-refractivity contribution in [1.29, 1.82) is 0 Å². The Balaban J connectivity index is 1.76. The van der Waals surface area contributed by atoms with Crippen LogP contribution in [0.15, 0.2) is 54.1 Å². The minimum Gasteiger partial charge on any atom is -0.488 e. The number of carbonyl (C=O) groups excluding carboxylic acids is 1. The molecule has 26 heavy (non-hydrogen) atoms. The summed E-state index contributed by atoms with van der Waals surface area (Å²) < 4.78 is 18.9. The van der Waals surface area contributed by atoms with Gasteiger partial charge in [-0.3, -0.25) is 4.79 Å². The first kappa shape index (κ1) is 18.1. The third-order valence-electron chi connectivity index (χ3n) is 4.37. The average Bonchev–Trinajstić information content (AvgIpc) is 2.65. The first-order valence-electron chi connectivity index (χ1n) is 8.66. The van der Waals surface area contributed by atoms with E-state index in [0.717, 1.165) is 29.8 Å². The van der Waals surface area contributed by atoms with Crippen molar-refractivity contribution < 1.29 is 13.9 Å². The van der Waals surface area contributed by atoms with Gasteiger partial charge in [-0.15, -0.1) is 0 Å². The van der Waals surface area contributed by atoms with Gasteiger partial charge in [0, 0.05) is 5.56 Å². The Morgan fingerprint density at radius 2 is 1.92 bits per heavy atom. The molecular formula is C21H23FN2O2. The predicted molar refractivity (Wildman–Crippen MR) is 100 cm³/mol. The van der Waals surface area contributed by atoms with Crippen molar-refractivity contribution in [2.45, 2.75) is 12.5 Å². The molecule has 0 saturated heterocycles. The standard InChI is InChI=1S/C21H23FN2O2/c1-24(2)12-11-19(15-7-9-18(22)10-8-15)23-21(25)17-13-16-5-3-4-6-20(16)26-14-17/h3-10,13,19H,11-12,14H2,1-2H3,(H,23,25). The summed E-state index contributed by atoms with van der Waals surface area (Å²) in [6, 6.07) is 13.7. The molecule has 1 unspecified atom stereocenters. The number of nitrogens with one attached hydrogen (secondary N) is 1. The zero-order chi connectivity index (χ0) is 18.5. The van der Waals surface area contributed by atoms with Gasteiger partial charge < -0.3 is 15.0 Å². The van der Waals surface area contributed by atoms with E-state index in [1.807, 2.05) is 44.4 Å². The van der Waals surface area contributed by atoms with Crippen LogP contribution >= 0.6 is 0 Å². The number of hydrogen-bond donors (Lipinski definition) is 1. The van der Waals surface area contributed by atoms with Gasteiger partial charge in [-0.05, 0) is 56.9 Å². The van der Waals surface area contributed by atoms with Gasteiger partial charge in [-0.1, -0.05) is 30.3 Å². The summed E-state index contributed by atoms with van der Waals surface area (Å²) in [5, 5.41) is 3.07. The predicted octanol–water partition coefficient (Wildman–Crippen LogP) is 3.41. The molecule has 1 heterocycles. The van der Waals surface area contributed by atoms with Crippen LogP contribution in [0.5, 0.6) is 5.75 Å².